The van der Waals surface area contributed by atoms with Gasteiger partial charge in [0, 0.05) is 25.2 Å². The molecule has 0 bridgehead atoms. The normalized spacial score (nSPS) is 26.3. The number of rotatable bonds is 3. The van der Waals surface area contributed by atoms with E-state index in [1.165, 1.54) is 12.5 Å². The van der Waals surface area contributed by atoms with E-state index in [9.17, 15) is 17.6 Å². The van der Waals surface area contributed by atoms with E-state index in [1.54, 1.807) is 0 Å². The van der Waals surface area contributed by atoms with Crippen molar-refractivity contribution in [1.82, 2.24) is 10.2 Å². The topological polar surface area (TPSA) is 15.3 Å². The van der Waals surface area contributed by atoms with Crippen LogP contribution in [0.5, 0.6) is 0 Å². The van der Waals surface area contributed by atoms with Crippen LogP contribution in [0.25, 0.3) is 0 Å². The van der Waals surface area contributed by atoms with Crippen LogP contribution in [0, 0.1) is 5.82 Å². The number of nitrogens with zero attached hydrogens (tertiary/aromatic N) is 1. The molecule has 0 spiro atoms. The number of fused-ring (bicyclic) bond motifs is 1. The van der Waals surface area contributed by atoms with Crippen molar-refractivity contribution in [1.29, 1.82) is 0 Å². The minimum Gasteiger partial charge on any atom is -0.308 e. The lowest BCUT2D eigenvalue weighted by atomic mass is 10.1. The van der Waals surface area contributed by atoms with Gasteiger partial charge in [-0.2, -0.15) is 13.2 Å². The Hall–Kier alpha value is -1.14. The van der Waals surface area contributed by atoms with E-state index >= 15 is 0 Å². The highest BCUT2D eigenvalue weighted by Crippen LogP contribution is 2.31. The largest absolute Gasteiger partial charge is 0.416 e. The van der Waals surface area contributed by atoms with Gasteiger partial charge in [-0.15, -0.1) is 0 Å². The van der Waals surface area contributed by atoms with Gasteiger partial charge in [-0.05, 0) is 49.6 Å². The summed E-state index contributed by atoms with van der Waals surface area (Å²) in [5.74, 6) is -0.837. The van der Waals surface area contributed by atoms with E-state index in [4.69, 9.17) is 0 Å². The molecular formula is C15H18F4N2. The first-order chi connectivity index (χ1) is 9.93. The number of benzene rings is 1. The third kappa shape index (κ3) is 3.21. The summed E-state index contributed by atoms with van der Waals surface area (Å²) in [4.78, 5) is 2.42. The maximum Gasteiger partial charge on any atom is 0.416 e. The molecule has 3 rings (SSSR count). The van der Waals surface area contributed by atoms with Gasteiger partial charge in [0.25, 0.3) is 0 Å². The first-order valence-corrected chi connectivity index (χ1v) is 7.27. The maximum absolute atomic E-state index is 13.3. The lowest BCUT2D eigenvalue weighted by Crippen LogP contribution is -2.38. The van der Waals surface area contributed by atoms with Gasteiger partial charge in [-0.3, -0.25) is 4.90 Å². The van der Waals surface area contributed by atoms with Crippen LogP contribution in [-0.2, 0) is 12.7 Å². The van der Waals surface area contributed by atoms with Gasteiger partial charge in [0.05, 0.1) is 5.56 Å². The van der Waals surface area contributed by atoms with Crippen LogP contribution in [0.1, 0.15) is 30.4 Å². The summed E-state index contributed by atoms with van der Waals surface area (Å²) in [6, 6.07) is 3.52. The van der Waals surface area contributed by atoms with Crippen LogP contribution in [0.3, 0.4) is 0 Å². The molecule has 2 aliphatic rings. The first-order valence-electron chi connectivity index (χ1n) is 7.27. The fourth-order valence-electron chi connectivity index (χ4n) is 3.49. The molecule has 116 valence electrons. The van der Waals surface area contributed by atoms with E-state index in [-0.39, 0.29) is 6.54 Å². The van der Waals surface area contributed by atoms with E-state index in [1.807, 2.05) is 0 Å². The Morgan fingerprint density at radius 2 is 1.95 bits per heavy atom. The summed E-state index contributed by atoms with van der Waals surface area (Å²) >= 11 is 0. The van der Waals surface area contributed by atoms with Crippen molar-refractivity contribution in [3.8, 4) is 0 Å². The molecule has 6 heteroatoms. The third-order valence-electron chi connectivity index (χ3n) is 4.46. The van der Waals surface area contributed by atoms with Crippen LogP contribution in [0.2, 0.25) is 0 Å². The zero-order valence-corrected chi connectivity index (χ0v) is 11.6. The molecule has 1 aromatic rings. The predicted octanol–water partition coefficient (Wildman–Crippen LogP) is 3.17. The van der Waals surface area contributed by atoms with Crippen LogP contribution in [0.15, 0.2) is 18.2 Å². The smallest absolute Gasteiger partial charge is 0.308 e. The molecule has 2 nitrogen and oxygen atoms in total. The summed E-state index contributed by atoms with van der Waals surface area (Å²) in [6.07, 6.45) is -1.19. The quantitative estimate of drug-likeness (QED) is 0.863. The maximum atomic E-state index is 13.3. The summed E-state index contributed by atoms with van der Waals surface area (Å²) in [7, 11) is 0. The highest BCUT2D eigenvalue weighted by Gasteiger charge is 2.36. The Morgan fingerprint density at radius 1 is 1.14 bits per heavy atom. The molecule has 2 heterocycles. The third-order valence-corrected chi connectivity index (χ3v) is 4.46. The van der Waals surface area contributed by atoms with Crippen molar-refractivity contribution in [3.05, 3.63) is 35.1 Å². The van der Waals surface area contributed by atoms with Crippen molar-refractivity contribution in [3.63, 3.8) is 0 Å². The van der Waals surface area contributed by atoms with Crippen molar-refractivity contribution in [2.75, 3.05) is 13.1 Å². The number of alkyl halides is 3. The molecule has 0 aliphatic carbocycles. The van der Waals surface area contributed by atoms with Gasteiger partial charge in [0.1, 0.15) is 5.82 Å². The monoisotopic (exact) mass is 302 g/mol. The Bertz CT molecular complexity index is 515. The van der Waals surface area contributed by atoms with Crippen molar-refractivity contribution in [2.24, 2.45) is 0 Å². The van der Waals surface area contributed by atoms with E-state index in [2.05, 4.69) is 10.2 Å². The fraction of sp³-hybridized carbons (Fsp3) is 0.600. The highest BCUT2D eigenvalue weighted by atomic mass is 19.4. The van der Waals surface area contributed by atoms with Gasteiger partial charge < -0.3 is 5.32 Å². The number of hydrogen-bond donors (Lipinski definition) is 1. The Morgan fingerprint density at radius 3 is 2.71 bits per heavy atom. The first kappa shape index (κ1) is 14.8. The van der Waals surface area contributed by atoms with Gasteiger partial charge in [0.2, 0.25) is 0 Å². The molecule has 1 N–H and O–H groups in total. The Kier molecular flexibility index (Phi) is 3.92. The van der Waals surface area contributed by atoms with E-state index < -0.39 is 17.6 Å². The molecule has 21 heavy (non-hydrogen) atoms. The Labute approximate surface area is 121 Å². The molecule has 0 radical (unpaired) electrons. The van der Waals surface area contributed by atoms with Crippen LogP contribution in [0.4, 0.5) is 17.6 Å². The predicted molar refractivity (Wildman–Crippen MR) is 71.2 cm³/mol. The average Bonchev–Trinajstić information content (AvgIpc) is 2.97. The zero-order chi connectivity index (χ0) is 15.0. The van der Waals surface area contributed by atoms with Gasteiger partial charge in [0.15, 0.2) is 0 Å². The van der Waals surface area contributed by atoms with Crippen molar-refractivity contribution in [2.45, 2.75) is 44.1 Å². The molecule has 2 fully saturated rings. The molecular weight excluding hydrogens is 284 g/mol. The SMILES string of the molecule is Fc1cc(CNC2CCN3CCCC23)cc(C(F)(F)F)c1. The molecule has 2 atom stereocenters. The second-order valence-electron chi connectivity index (χ2n) is 5.87. The summed E-state index contributed by atoms with van der Waals surface area (Å²) in [6.45, 7) is 2.43. The van der Waals surface area contributed by atoms with Crippen LogP contribution in [-0.4, -0.2) is 30.1 Å². The van der Waals surface area contributed by atoms with Crippen molar-refractivity contribution < 1.29 is 17.6 Å². The molecule has 2 unspecified atom stereocenters. The van der Waals surface area contributed by atoms with Crippen molar-refractivity contribution >= 4 is 0 Å². The molecule has 2 aliphatic heterocycles. The molecule has 0 saturated carbocycles. The second-order valence-corrected chi connectivity index (χ2v) is 5.87. The van der Waals surface area contributed by atoms with Gasteiger partial charge in [-0.1, -0.05) is 0 Å². The summed E-state index contributed by atoms with van der Waals surface area (Å²) in [5.41, 5.74) is -0.577. The summed E-state index contributed by atoms with van der Waals surface area (Å²) in [5, 5.41) is 3.30. The van der Waals surface area contributed by atoms with E-state index in [0.29, 0.717) is 23.7 Å². The molecule has 2 saturated heterocycles. The zero-order valence-electron chi connectivity index (χ0n) is 11.6. The average molecular weight is 302 g/mol. The lowest BCUT2D eigenvalue weighted by Gasteiger charge is -2.21. The summed E-state index contributed by atoms with van der Waals surface area (Å²) < 4.78 is 51.4. The number of nitrogens with one attached hydrogen (secondary N) is 1. The minimum atomic E-state index is -4.51. The fourth-order valence-corrected chi connectivity index (χ4v) is 3.49. The van der Waals surface area contributed by atoms with Crippen LogP contribution < -0.4 is 5.32 Å². The minimum absolute atomic E-state index is 0.274. The van der Waals surface area contributed by atoms with Gasteiger partial charge >= 0.3 is 6.18 Å². The second kappa shape index (κ2) is 5.57. The standard InChI is InChI=1S/C15H18F4N2/c16-12-7-10(6-11(8-12)15(17,18)19)9-20-13-3-5-21-4-1-2-14(13)21/h6-8,13-14,20H,1-5,9H2. The molecule has 0 amide bonds. The van der Waals surface area contributed by atoms with Gasteiger partial charge in [-0.25, -0.2) is 4.39 Å². The lowest BCUT2D eigenvalue weighted by molar-refractivity contribution is -0.137. The van der Waals surface area contributed by atoms with E-state index in [0.717, 1.165) is 32.0 Å². The highest BCUT2D eigenvalue weighted by molar-refractivity contribution is 5.27. The number of halogens is 4. The molecule has 1 aromatic carbocycles. The molecule has 0 aromatic heterocycles. The van der Waals surface area contributed by atoms with Crippen LogP contribution >= 0.6 is 0 Å². The number of hydrogen-bond acceptors (Lipinski definition) is 2. The Balaban J connectivity index is 1.66.